The molecule has 0 radical (unpaired) electrons. The van der Waals surface area contributed by atoms with E-state index in [1.807, 2.05) is 38.3 Å². The number of pyridine rings is 1. The Labute approximate surface area is 172 Å². The fourth-order valence-electron chi connectivity index (χ4n) is 3.45. The van der Waals surface area contributed by atoms with Gasteiger partial charge in [-0.15, -0.1) is 0 Å². The number of benzene rings is 1. The molecule has 6 heteroatoms. The molecular formula is C22H29N3O2S. The van der Waals surface area contributed by atoms with Crippen LogP contribution >= 0.6 is 11.9 Å². The van der Waals surface area contributed by atoms with Crippen LogP contribution in [0.3, 0.4) is 0 Å². The second-order valence-corrected chi connectivity index (χ2v) is 8.21. The highest BCUT2D eigenvalue weighted by atomic mass is 32.2. The van der Waals surface area contributed by atoms with Crippen LogP contribution in [0.1, 0.15) is 31.4 Å². The van der Waals surface area contributed by atoms with E-state index in [-0.39, 0.29) is 5.91 Å². The first-order valence-electron chi connectivity index (χ1n) is 9.91. The summed E-state index contributed by atoms with van der Waals surface area (Å²) >= 11 is 1.83. The first kappa shape index (κ1) is 20.8. The minimum atomic E-state index is 0.185. The van der Waals surface area contributed by atoms with Crippen molar-refractivity contribution in [3.63, 3.8) is 0 Å². The summed E-state index contributed by atoms with van der Waals surface area (Å²) in [6.07, 6.45) is 5.24. The standard InChI is InChI=1S/C22H29N3O2S/c1-4-27-11-10-25(28-5-2)16-17-12-20(15-23-14-17)18-6-8-21-19(13-18)7-9-22(26)24(21)3/h6,8,12-15H,4-5,7,9-11,16H2,1-3H3. The number of carbonyl (C=O) groups excluding carboxylic acids is 1. The van der Waals surface area contributed by atoms with E-state index >= 15 is 0 Å². The number of hydrogen-bond acceptors (Lipinski definition) is 5. The van der Waals surface area contributed by atoms with Gasteiger partial charge in [-0.3, -0.25) is 9.78 Å². The summed E-state index contributed by atoms with van der Waals surface area (Å²) in [6.45, 7) is 7.43. The summed E-state index contributed by atoms with van der Waals surface area (Å²) < 4.78 is 7.85. The molecule has 3 rings (SSSR count). The monoisotopic (exact) mass is 399 g/mol. The second kappa shape index (κ2) is 10.0. The van der Waals surface area contributed by atoms with Crippen molar-refractivity contribution in [1.29, 1.82) is 0 Å². The number of hydrogen-bond donors (Lipinski definition) is 0. The molecule has 2 heterocycles. The zero-order valence-electron chi connectivity index (χ0n) is 17.0. The van der Waals surface area contributed by atoms with Gasteiger partial charge in [-0.1, -0.05) is 24.9 Å². The molecule has 0 fully saturated rings. The molecule has 5 nitrogen and oxygen atoms in total. The van der Waals surface area contributed by atoms with Gasteiger partial charge in [-0.25, -0.2) is 4.31 Å². The lowest BCUT2D eigenvalue weighted by Crippen LogP contribution is -2.30. The minimum Gasteiger partial charge on any atom is -0.380 e. The van der Waals surface area contributed by atoms with Crippen LogP contribution in [-0.2, 0) is 22.5 Å². The fraction of sp³-hybridized carbons (Fsp3) is 0.455. The Kier molecular flexibility index (Phi) is 7.48. The van der Waals surface area contributed by atoms with E-state index in [2.05, 4.69) is 40.5 Å². The van der Waals surface area contributed by atoms with Crippen molar-refractivity contribution >= 4 is 23.5 Å². The van der Waals surface area contributed by atoms with E-state index in [0.717, 1.165) is 55.3 Å². The molecule has 0 spiro atoms. The lowest BCUT2D eigenvalue weighted by Gasteiger charge is -2.26. The zero-order valence-corrected chi connectivity index (χ0v) is 17.8. The summed E-state index contributed by atoms with van der Waals surface area (Å²) in [5, 5.41) is 0. The largest absolute Gasteiger partial charge is 0.380 e. The van der Waals surface area contributed by atoms with Gasteiger partial charge in [0.1, 0.15) is 0 Å². The molecule has 0 atom stereocenters. The molecule has 1 aromatic heterocycles. The SMILES string of the molecule is CCOCCN(Cc1cncc(-c2ccc3c(c2)CCC(=O)N3C)c1)SCC. The minimum absolute atomic E-state index is 0.185. The van der Waals surface area contributed by atoms with Gasteiger partial charge in [0.2, 0.25) is 5.91 Å². The molecule has 0 unspecified atom stereocenters. The maximum absolute atomic E-state index is 11.9. The quantitative estimate of drug-likeness (QED) is 0.468. The third-order valence-electron chi connectivity index (χ3n) is 4.91. The first-order valence-corrected chi connectivity index (χ1v) is 10.9. The normalized spacial score (nSPS) is 13.9. The lowest BCUT2D eigenvalue weighted by molar-refractivity contribution is -0.118. The lowest BCUT2D eigenvalue weighted by atomic mass is 9.96. The third kappa shape index (κ3) is 5.13. The van der Waals surface area contributed by atoms with E-state index < -0.39 is 0 Å². The fourth-order valence-corrected chi connectivity index (χ4v) is 4.26. The van der Waals surface area contributed by atoms with Crippen LogP contribution < -0.4 is 4.90 Å². The Balaban J connectivity index is 1.76. The molecule has 2 aromatic rings. The summed E-state index contributed by atoms with van der Waals surface area (Å²) in [4.78, 5) is 18.1. The van der Waals surface area contributed by atoms with E-state index in [1.54, 1.807) is 4.90 Å². The van der Waals surface area contributed by atoms with Crippen LogP contribution in [0, 0.1) is 0 Å². The summed E-state index contributed by atoms with van der Waals surface area (Å²) in [5.74, 6) is 1.22. The molecule has 1 aliphatic rings. The van der Waals surface area contributed by atoms with Gasteiger partial charge < -0.3 is 9.64 Å². The molecule has 0 saturated heterocycles. The van der Waals surface area contributed by atoms with E-state index in [4.69, 9.17) is 4.74 Å². The van der Waals surface area contributed by atoms with Crippen LogP contribution in [0.25, 0.3) is 11.1 Å². The first-order chi connectivity index (χ1) is 13.6. The molecule has 0 N–H and O–H groups in total. The number of ether oxygens (including phenoxy) is 1. The summed E-state index contributed by atoms with van der Waals surface area (Å²) in [5.41, 5.74) is 5.71. The average molecular weight is 400 g/mol. The molecule has 28 heavy (non-hydrogen) atoms. The molecule has 0 saturated carbocycles. The van der Waals surface area contributed by atoms with E-state index in [1.165, 1.54) is 11.1 Å². The Morgan fingerprint density at radius 3 is 2.82 bits per heavy atom. The predicted octanol–water partition coefficient (Wildman–Crippen LogP) is 4.16. The molecule has 1 aliphatic heterocycles. The number of aromatic nitrogens is 1. The zero-order chi connectivity index (χ0) is 19.9. The molecule has 0 aliphatic carbocycles. The third-order valence-corrected chi connectivity index (χ3v) is 5.85. The Morgan fingerprint density at radius 1 is 1.18 bits per heavy atom. The number of fused-ring (bicyclic) bond motifs is 1. The molecule has 150 valence electrons. The Bertz CT molecular complexity index is 812. The van der Waals surface area contributed by atoms with Crippen LogP contribution in [0.5, 0.6) is 0 Å². The van der Waals surface area contributed by atoms with Crippen LogP contribution in [0.2, 0.25) is 0 Å². The van der Waals surface area contributed by atoms with Gasteiger partial charge in [0.25, 0.3) is 0 Å². The Morgan fingerprint density at radius 2 is 2.04 bits per heavy atom. The van der Waals surface area contributed by atoms with Crippen molar-refractivity contribution in [2.75, 3.05) is 37.5 Å². The number of amides is 1. The van der Waals surface area contributed by atoms with Crippen molar-refractivity contribution in [1.82, 2.24) is 9.29 Å². The van der Waals surface area contributed by atoms with Gasteiger partial charge in [0.15, 0.2) is 0 Å². The highest BCUT2D eigenvalue weighted by molar-refractivity contribution is 7.96. The van der Waals surface area contributed by atoms with Crippen molar-refractivity contribution in [2.45, 2.75) is 33.2 Å². The van der Waals surface area contributed by atoms with Gasteiger partial charge in [0, 0.05) is 62.6 Å². The maximum atomic E-state index is 11.9. The summed E-state index contributed by atoms with van der Waals surface area (Å²) in [6, 6.07) is 8.56. The summed E-state index contributed by atoms with van der Waals surface area (Å²) in [7, 11) is 1.85. The molecular weight excluding hydrogens is 370 g/mol. The number of nitrogens with zero attached hydrogens (tertiary/aromatic N) is 3. The highest BCUT2D eigenvalue weighted by Gasteiger charge is 2.21. The van der Waals surface area contributed by atoms with Crippen LogP contribution in [0.15, 0.2) is 36.7 Å². The van der Waals surface area contributed by atoms with Crippen molar-refractivity contribution in [3.05, 3.63) is 47.8 Å². The van der Waals surface area contributed by atoms with Gasteiger partial charge >= 0.3 is 0 Å². The Hall–Kier alpha value is -1.89. The number of anilines is 1. The number of aryl methyl sites for hydroxylation is 1. The van der Waals surface area contributed by atoms with E-state index in [0.29, 0.717) is 6.42 Å². The maximum Gasteiger partial charge on any atom is 0.227 e. The van der Waals surface area contributed by atoms with Gasteiger partial charge in [-0.2, -0.15) is 0 Å². The van der Waals surface area contributed by atoms with E-state index in [9.17, 15) is 4.79 Å². The van der Waals surface area contributed by atoms with Crippen molar-refractivity contribution < 1.29 is 9.53 Å². The van der Waals surface area contributed by atoms with Crippen molar-refractivity contribution in [2.24, 2.45) is 0 Å². The van der Waals surface area contributed by atoms with Crippen LogP contribution in [-0.4, -0.2) is 47.8 Å². The molecule has 1 aromatic carbocycles. The number of rotatable bonds is 9. The van der Waals surface area contributed by atoms with Crippen LogP contribution in [0.4, 0.5) is 5.69 Å². The number of carbonyl (C=O) groups is 1. The smallest absolute Gasteiger partial charge is 0.227 e. The molecule has 0 bridgehead atoms. The van der Waals surface area contributed by atoms with Gasteiger partial charge in [0.05, 0.1) is 6.61 Å². The topological polar surface area (TPSA) is 45.7 Å². The van der Waals surface area contributed by atoms with Gasteiger partial charge in [-0.05, 0) is 48.2 Å². The molecule has 1 amide bonds. The average Bonchev–Trinajstić information content (AvgIpc) is 2.71. The highest BCUT2D eigenvalue weighted by Crippen LogP contribution is 2.31. The van der Waals surface area contributed by atoms with Crippen molar-refractivity contribution in [3.8, 4) is 11.1 Å². The predicted molar refractivity (Wildman–Crippen MR) is 116 cm³/mol. The second-order valence-electron chi connectivity index (χ2n) is 6.86.